The van der Waals surface area contributed by atoms with E-state index in [1.807, 2.05) is 18.2 Å². The van der Waals surface area contributed by atoms with E-state index < -0.39 is 0 Å². The molecule has 16 heavy (non-hydrogen) atoms. The summed E-state index contributed by atoms with van der Waals surface area (Å²) in [5.74, 6) is 0. The van der Waals surface area contributed by atoms with Gasteiger partial charge in [-0.1, -0.05) is 13.0 Å². The number of piperidine rings is 1. The number of hydrogen-bond acceptors (Lipinski definition) is 3. The number of rotatable bonds is 3. The Morgan fingerprint density at radius 2 is 2.38 bits per heavy atom. The first kappa shape index (κ1) is 11.3. The molecule has 1 atom stereocenters. The third kappa shape index (κ3) is 2.89. The Morgan fingerprint density at radius 1 is 1.50 bits per heavy atom. The monoisotopic (exact) mass is 219 g/mol. The molecular formula is C13H21N3. The number of anilines is 2. The Kier molecular flexibility index (Phi) is 3.67. The van der Waals surface area contributed by atoms with Gasteiger partial charge in [-0.15, -0.1) is 0 Å². The van der Waals surface area contributed by atoms with Gasteiger partial charge < -0.3 is 16.0 Å². The maximum absolute atomic E-state index is 5.77. The van der Waals surface area contributed by atoms with Crippen LogP contribution in [-0.4, -0.2) is 30.6 Å². The van der Waals surface area contributed by atoms with Gasteiger partial charge in [0.15, 0.2) is 0 Å². The lowest BCUT2D eigenvalue weighted by molar-refractivity contribution is 0.227. The van der Waals surface area contributed by atoms with Crippen molar-refractivity contribution in [2.75, 3.05) is 30.7 Å². The van der Waals surface area contributed by atoms with E-state index in [1.54, 1.807) is 0 Å². The van der Waals surface area contributed by atoms with Crippen molar-refractivity contribution in [3.63, 3.8) is 0 Å². The lowest BCUT2D eigenvalue weighted by Gasteiger charge is -2.32. The SMILES string of the molecule is CCN1CCCC(Nc2cccc(N)c2)C1. The predicted octanol–water partition coefficient (Wildman–Crippen LogP) is 2.17. The summed E-state index contributed by atoms with van der Waals surface area (Å²) >= 11 is 0. The van der Waals surface area contributed by atoms with Gasteiger partial charge in [-0.3, -0.25) is 0 Å². The number of nitrogen functional groups attached to an aromatic ring is 1. The lowest BCUT2D eigenvalue weighted by Crippen LogP contribution is -2.41. The number of nitrogens with zero attached hydrogens (tertiary/aromatic N) is 1. The normalized spacial score (nSPS) is 21.9. The molecule has 0 aromatic heterocycles. The van der Waals surface area contributed by atoms with E-state index >= 15 is 0 Å². The third-order valence-electron chi connectivity index (χ3n) is 3.21. The highest BCUT2D eigenvalue weighted by Gasteiger charge is 2.18. The summed E-state index contributed by atoms with van der Waals surface area (Å²) in [5.41, 5.74) is 7.74. The minimum Gasteiger partial charge on any atom is -0.399 e. The quantitative estimate of drug-likeness (QED) is 0.765. The summed E-state index contributed by atoms with van der Waals surface area (Å²) in [6.07, 6.45) is 2.54. The van der Waals surface area contributed by atoms with Gasteiger partial charge in [0, 0.05) is 24.0 Å². The Morgan fingerprint density at radius 3 is 3.12 bits per heavy atom. The van der Waals surface area contributed by atoms with Crippen LogP contribution < -0.4 is 11.1 Å². The largest absolute Gasteiger partial charge is 0.399 e. The van der Waals surface area contributed by atoms with Crippen LogP contribution in [0.1, 0.15) is 19.8 Å². The molecule has 0 radical (unpaired) electrons. The van der Waals surface area contributed by atoms with E-state index in [0.717, 1.165) is 24.5 Å². The Labute approximate surface area is 97.6 Å². The fraction of sp³-hybridized carbons (Fsp3) is 0.538. The maximum atomic E-state index is 5.77. The highest BCUT2D eigenvalue weighted by Crippen LogP contribution is 2.17. The molecule has 3 nitrogen and oxygen atoms in total. The van der Waals surface area contributed by atoms with E-state index in [9.17, 15) is 0 Å². The van der Waals surface area contributed by atoms with Crippen LogP contribution in [0, 0.1) is 0 Å². The molecule has 1 fully saturated rings. The molecule has 88 valence electrons. The second-order valence-electron chi connectivity index (χ2n) is 4.50. The molecule has 1 aromatic rings. The number of hydrogen-bond donors (Lipinski definition) is 2. The molecule has 3 heteroatoms. The molecule has 0 saturated carbocycles. The highest BCUT2D eigenvalue weighted by molar-refractivity contribution is 5.54. The number of nitrogens with one attached hydrogen (secondary N) is 1. The van der Waals surface area contributed by atoms with Crippen molar-refractivity contribution in [1.29, 1.82) is 0 Å². The molecule has 0 amide bonds. The van der Waals surface area contributed by atoms with Crippen molar-refractivity contribution < 1.29 is 0 Å². The molecule has 3 N–H and O–H groups in total. The van der Waals surface area contributed by atoms with Gasteiger partial charge in [-0.05, 0) is 44.1 Å². The third-order valence-corrected chi connectivity index (χ3v) is 3.21. The predicted molar refractivity (Wildman–Crippen MR) is 69.6 cm³/mol. The Balaban J connectivity index is 1.94. The standard InChI is InChI=1S/C13H21N3/c1-2-16-8-4-7-13(10-16)15-12-6-3-5-11(14)9-12/h3,5-6,9,13,15H,2,4,7-8,10,14H2,1H3. The molecule has 0 spiro atoms. The summed E-state index contributed by atoms with van der Waals surface area (Å²) in [5, 5.41) is 3.56. The van der Waals surface area contributed by atoms with Crippen LogP contribution in [0.3, 0.4) is 0 Å². The fourth-order valence-corrected chi connectivity index (χ4v) is 2.32. The smallest absolute Gasteiger partial charge is 0.0388 e. The highest BCUT2D eigenvalue weighted by atomic mass is 15.2. The number of benzene rings is 1. The van der Waals surface area contributed by atoms with Crippen molar-refractivity contribution in [3.8, 4) is 0 Å². The minimum absolute atomic E-state index is 0.565. The fourth-order valence-electron chi connectivity index (χ4n) is 2.32. The zero-order valence-electron chi connectivity index (χ0n) is 9.95. The van der Waals surface area contributed by atoms with Crippen molar-refractivity contribution in [1.82, 2.24) is 4.90 Å². The van der Waals surface area contributed by atoms with E-state index in [2.05, 4.69) is 23.2 Å². The molecule has 0 aliphatic carbocycles. The van der Waals surface area contributed by atoms with Gasteiger partial charge in [0.1, 0.15) is 0 Å². The topological polar surface area (TPSA) is 41.3 Å². The first-order valence-corrected chi connectivity index (χ1v) is 6.12. The van der Waals surface area contributed by atoms with Gasteiger partial charge >= 0.3 is 0 Å². The van der Waals surface area contributed by atoms with Crippen LogP contribution in [0.25, 0.3) is 0 Å². The van der Waals surface area contributed by atoms with Gasteiger partial charge in [0.2, 0.25) is 0 Å². The summed E-state index contributed by atoms with van der Waals surface area (Å²) < 4.78 is 0. The number of likely N-dealkylation sites (tertiary alicyclic amines) is 1. The van der Waals surface area contributed by atoms with Crippen molar-refractivity contribution in [2.24, 2.45) is 0 Å². The zero-order chi connectivity index (χ0) is 11.4. The first-order valence-electron chi connectivity index (χ1n) is 6.12. The average molecular weight is 219 g/mol. The van der Waals surface area contributed by atoms with Crippen LogP contribution >= 0.6 is 0 Å². The summed E-state index contributed by atoms with van der Waals surface area (Å²) in [4.78, 5) is 2.49. The Hall–Kier alpha value is -1.22. The number of likely N-dealkylation sites (N-methyl/N-ethyl adjacent to an activating group) is 1. The van der Waals surface area contributed by atoms with Gasteiger partial charge in [-0.2, -0.15) is 0 Å². The van der Waals surface area contributed by atoms with Gasteiger partial charge in [-0.25, -0.2) is 0 Å². The maximum Gasteiger partial charge on any atom is 0.0388 e. The van der Waals surface area contributed by atoms with Gasteiger partial charge in [0.05, 0.1) is 0 Å². The Bertz CT molecular complexity index is 338. The van der Waals surface area contributed by atoms with Crippen molar-refractivity contribution in [2.45, 2.75) is 25.8 Å². The van der Waals surface area contributed by atoms with Crippen molar-refractivity contribution >= 4 is 11.4 Å². The van der Waals surface area contributed by atoms with Crippen LogP contribution in [0.5, 0.6) is 0 Å². The summed E-state index contributed by atoms with van der Waals surface area (Å²) in [6, 6.07) is 8.57. The lowest BCUT2D eigenvalue weighted by atomic mass is 10.1. The minimum atomic E-state index is 0.565. The molecule has 1 saturated heterocycles. The molecule has 1 unspecified atom stereocenters. The van der Waals surface area contributed by atoms with E-state index in [-0.39, 0.29) is 0 Å². The average Bonchev–Trinajstić information content (AvgIpc) is 2.29. The molecule has 1 aromatic carbocycles. The van der Waals surface area contributed by atoms with Crippen LogP contribution in [0.15, 0.2) is 24.3 Å². The van der Waals surface area contributed by atoms with Crippen LogP contribution in [0.4, 0.5) is 11.4 Å². The van der Waals surface area contributed by atoms with Crippen LogP contribution in [0.2, 0.25) is 0 Å². The van der Waals surface area contributed by atoms with Crippen LogP contribution in [-0.2, 0) is 0 Å². The first-order chi connectivity index (χ1) is 7.78. The molecule has 0 bridgehead atoms. The van der Waals surface area contributed by atoms with Crippen molar-refractivity contribution in [3.05, 3.63) is 24.3 Å². The van der Waals surface area contributed by atoms with Gasteiger partial charge in [0.25, 0.3) is 0 Å². The van der Waals surface area contributed by atoms with E-state index in [1.165, 1.54) is 19.4 Å². The molecular weight excluding hydrogens is 198 g/mol. The summed E-state index contributed by atoms with van der Waals surface area (Å²) in [6.45, 7) is 5.76. The zero-order valence-corrected chi connectivity index (χ0v) is 9.95. The second kappa shape index (κ2) is 5.21. The second-order valence-corrected chi connectivity index (χ2v) is 4.50. The summed E-state index contributed by atoms with van der Waals surface area (Å²) in [7, 11) is 0. The molecule has 1 aliphatic rings. The van der Waals surface area contributed by atoms with E-state index in [0.29, 0.717) is 6.04 Å². The molecule has 1 aliphatic heterocycles. The van der Waals surface area contributed by atoms with E-state index in [4.69, 9.17) is 5.73 Å². The number of nitrogens with two attached hydrogens (primary N) is 1. The molecule has 2 rings (SSSR count). The molecule has 1 heterocycles.